The van der Waals surface area contributed by atoms with Gasteiger partial charge < -0.3 is 20.1 Å². The molecule has 0 bridgehead atoms. The number of ether oxygens (including phenoxy) is 2. The van der Waals surface area contributed by atoms with Gasteiger partial charge in [0.2, 0.25) is 0 Å². The molecule has 5 nitrogen and oxygen atoms in total. The Bertz CT molecular complexity index is 353. The third-order valence-electron chi connectivity index (χ3n) is 4.44. The number of unbranched alkanes of at least 4 members (excludes halogenated alkanes) is 2. The summed E-state index contributed by atoms with van der Waals surface area (Å²) in [5.74, 6) is 1.44. The molecule has 0 radical (unpaired) electrons. The van der Waals surface area contributed by atoms with Crippen LogP contribution < -0.4 is 10.6 Å². The lowest BCUT2D eigenvalue weighted by molar-refractivity contribution is -0.0823. The molecule has 5 heteroatoms. The maximum absolute atomic E-state index is 6.06. The van der Waals surface area contributed by atoms with E-state index in [-0.39, 0.29) is 5.41 Å². The van der Waals surface area contributed by atoms with Crippen LogP contribution >= 0.6 is 0 Å². The first kappa shape index (κ1) is 21.2. The zero-order valence-electron chi connectivity index (χ0n) is 16.5. The predicted molar refractivity (Wildman–Crippen MR) is 102 cm³/mol. The second kappa shape index (κ2) is 11.7. The summed E-state index contributed by atoms with van der Waals surface area (Å²) in [5.41, 5.74) is 0.174. The van der Waals surface area contributed by atoms with E-state index in [4.69, 9.17) is 14.5 Å². The summed E-state index contributed by atoms with van der Waals surface area (Å²) in [5, 5.41) is 6.80. The normalized spacial score (nSPS) is 22.5. The Morgan fingerprint density at radius 2 is 2.00 bits per heavy atom. The van der Waals surface area contributed by atoms with Gasteiger partial charge in [-0.25, -0.2) is 0 Å². The topological polar surface area (TPSA) is 54.9 Å². The zero-order valence-corrected chi connectivity index (χ0v) is 16.5. The Labute approximate surface area is 149 Å². The molecule has 1 rings (SSSR count). The van der Waals surface area contributed by atoms with Gasteiger partial charge in [0.1, 0.15) is 0 Å². The summed E-state index contributed by atoms with van der Waals surface area (Å²) in [6.07, 6.45) is 6.11. The minimum absolute atomic E-state index is 0.174. The first-order valence-electron chi connectivity index (χ1n) is 9.61. The third-order valence-corrected chi connectivity index (χ3v) is 4.44. The van der Waals surface area contributed by atoms with Crippen molar-refractivity contribution < 1.29 is 9.47 Å². The molecule has 1 fully saturated rings. The summed E-state index contributed by atoms with van der Waals surface area (Å²) in [6.45, 7) is 13.3. The van der Waals surface area contributed by atoms with Gasteiger partial charge in [-0.1, -0.05) is 20.8 Å². The summed E-state index contributed by atoms with van der Waals surface area (Å²) in [4.78, 5) is 4.82. The molecule has 1 saturated heterocycles. The van der Waals surface area contributed by atoms with Gasteiger partial charge in [-0.3, -0.25) is 4.99 Å². The Balaban J connectivity index is 2.45. The van der Waals surface area contributed by atoms with Crippen molar-refractivity contribution in [3.8, 4) is 0 Å². The van der Waals surface area contributed by atoms with Crippen molar-refractivity contribution in [3.05, 3.63) is 0 Å². The van der Waals surface area contributed by atoms with Gasteiger partial charge in [-0.05, 0) is 44.4 Å². The Morgan fingerprint density at radius 1 is 1.21 bits per heavy atom. The van der Waals surface area contributed by atoms with Crippen molar-refractivity contribution in [1.29, 1.82) is 0 Å². The first-order valence-corrected chi connectivity index (χ1v) is 9.61. The van der Waals surface area contributed by atoms with Gasteiger partial charge in [-0.15, -0.1) is 0 Å². The summed E-state index contributed by atoms with van der Waals surface area (Å²) in [6, 6.07) is 0. The van der Waals surface area contributed by atoms with Crippen LogP contribution in [0.4, 0.5) is 0 Å². The van der Waals surface area contributed by atoms with Crippen LogP contribution in [0.3, 0.4) is 0 Å². The molecular weight excluding hydrogens is 302 g/mol. The lowest BCUT2D eigenvalue weighted by Crippen LogP contribution is -2.42. The van der Waals surface area contributed by atoms with Crippen molar-refractivity contribution in [3.63, 3.8) is 0 Å². The highest BCUT2D eigenvalue weighted by Crippen LogP contribution is 2.34. The molecule has 0 amide bonds. The molecule has 1 aliphatic rings. The van der Waals surface area contributed by atoms with Gasteiger partial charge in [0, 0.05) is 45.9 Å². The second-order valence-electron chi connectivity index (χ2n) is 7.76. The van der Waals surface area contributed by atoms with E-state index >= 15 is 0 Å². The van der Waals surface area contributed by atoms with E-state index in [1.54, 1.807) is 7.11 Å². The maximum atomic E-state index is 6.06. The highest BCUT2D eigenvalue weighted by molar-refractivity contribution is 5.79. The van der Waals surface area contributed by atoms with Crippen LogP contribution in [0.2, 0.25) is 0 Å². The largest absolute Gasteiger partial charge is 0.385 e. The van der Waals surface area contributed by atoms with Crippen LogP contribution in [0.1, 0.15) is 59.8 Å². The van der Waals surface area contributed by atoms with Crippen molar-refractivity contribution in [2.45, 2.75) is 65.9 Å². The van der Waals surface area contributed by atoms with Gasteiger partial charge >= 0.3 is 0 Å². The molecule has 142 valence electrons. The van der Waals surface area contributed by atoms with E-state index in [9.17, 15) is 0 Å². The Hall–Kier alpha value is -0.810. The standard InChI is InChI=1S/C19H39N3O2/c1-6-20-18(21-12-8-7-9-13-23-5)22-15-16-11-10-14-24-17(16)19(2,3)4/h16-17H,6-15H2,1-5H3,(H2,20,21,22). The molecule has 0 aromatic carbocycles. The van der Waals surface area contributed by atoms with Crippen molar-refractivity contribution in [1.82, 2.24) is 10.6 Å². The smallest absolute Gasteiger partial charge is 0.191 e. The van der Waals surface area contributed by atoms with Crippen molar-refractivity contribution >= 4 is 5.96 Å². The molecule has 0 aromatic heterocycles. The molecule has 1 heterocycles. The number of hydrogen-bond acceptors (Lipinski definition) is 3. The van der Waals surface area contributed by atoms with Crippen LogP contribution in [0.25, 0.3) is 0 Å². The zero-order chi connectivity index (χ0) is 17.8. The molecule has 0 spiro atoms. The van der Waals surface area contributed by atoms with E-state index in [1.807, 2.05) is 0 Å². The number of nitrogens with zero attached hydrogens (tertiary/aromatic N) is 1. The van der Waals surface area contributed by atoms with Gasteiger partial charge in [-0.2, -0.15) is 0 Å². The lowest BCUT2D eigenvalue weighted by atomic mass is 9.78. The quantitative estimate of drug-likeness (QED) is 0.384. The molecule has 0 aliphatic carbocycles. The highest BCUT2D eigenvalue weighted by Gasteiger charge is 2.35. The number of guanidine groups is 1. The SMILES string of the molecule is CCNC(=NCC1CCCOC1C(C)(C)C)NCCCCCOC. The fourth-order valence-corrected chi connectivity index (χ4v) is 3.29. The minimum atomic E-state index is 0.174. The highest BCUT2D eigenvalue weighted by atomic mass is 16.5. The summed E-state index contributed by atoms with van der Waals surface area (Å²) in [7, 11) is 1.76. The van der Waals surface area contributed by atoms with E-state index in [0.29, 0.717) is 12.0 Å². The number of methoxy groups -OCH3 is 1. The molecule has 2 N–H and O–H groups in total. The molecule has 2 unspecified atom stereocenters. The van der Waals surface area contributed by atoms with Gasteiger partial charge in [0.15, 0.2) is 5.96 Å². The molecule has 0 aromatic rings. The fraction of sp³-hybridized carbons (Fsp3) is 0.947. The van der Waals surface area contributed by atoms with Crippen LogP contribution in [-0.4, -0.2) is 52.0 Å². The first-order chi connectivity index (χ1) is 11.5. The van der Waals surface area contributed by atoms with Crippen LogP contribution in [0.5, 0.6) is 0 Å². The second-order valence-corrected chi connectivity index (χ2v) is 7.76. The van der Waals surface area contributed by atoms with Crippen molar-refractivity contribution in [2.24, 2.45) is 16.3 Å². The summed E-state index contributed by atoms with van der Waals surface area (Å²) >= 11 is 0. The van der Waals surface area contributed by atoms with Gasteiger partial charge in [0.25, 0.3) is 0 Å². The molecule has 2 atom stereocenters. The third kappa shape index (κ3) is 8.34. The molecule has 24 heavy (non-hydrogen) atoms. The fourth-order valence-electron chi connectivity index (χ4n) is 3.29. The van der Waals surface area contributed by atoms with E-state index < -0.39 is 0 Å². The van der Waals surface area contributed by atoms with E-state index in [2.05, 4.69) is 38.3 Å². The van der Waals surface area contributed by atoms with Gasteiger partial charge in [0.05, 0.1) is 6.10 Å². The van der Waals surface area contributed by atoms with E-state index in [1.165, 1.54) is 12.8 Å². The van der Waals surface area contributed by atoms with Crippen LogP contribution in [-0.2, 0) is 9.47 Å². The number of hydrogen-bond donors (Lipinski definition) is 2. The molecule has 1 aliphatic heterocycles. The minimum Gasteiger partial charge on any atom is -0.385 e. The molecule has 0 saturated carbocycles. The van der Waals surface area contributed by atoms with E-state index in [0.717, 1.165) is 58.1 Å². The average Bonchev–Trinajstić information content (AvgIpc) is 2.55. The predicted octanol–water partition coefficient (Wildman–Crippen LogP) is 3.20. The monoisotopic (exact) mass is 341 g/mol. The Morgan fingerprint density at radius 3 is 2.67 bits per heavy atom. The van der Waals surface area contributed by atoms with Crippen molar-refractivity contribution in [2.75, 3.05) is 40.0 Å². The number of aliphatic imine (C=N–C) groups is 1. The number of nitrogens with one attached hydrogen (secondary N) is 2. The van der Waals surface area contributed by atoms with Crippen LogP contribution in [0.15, 0.2) is 4.99 Å². The lowest BCUT2D eigenvalue weighted by Gasteiger charge is -2.39. The molecular formula is C19H39N3O2. The van der Waals surface area contributed by atoms with Crippen LogP contribution in [0, 0.1) is 11.3 Å². The summed E-state index contributed by atoms with van der Waals surface area (Å²) < 4.78 is 11.1. The number of rotatable bonds is 9. The maximum Gasteiger partial charge on any atom is 0.191 e. The average molecular weight is 342 g/mol. The Kier molecular flexibility index (Phi) is 10.3.